The average Bonchev–Trinajstić information content (AvgIpc) is 2.56. The van der Waals surface area contributed by atoms with Gasteiger partial charge >= 0.3 is 12.0 Å². The Morgan fingerprint density at radius 3 is 2.18 bits per heavy atom. The molecular weight excluding hydrogens is 280 g/mol. The van der Waals surface area contributed by atoms with E-state index in [0.29, 0.717) is 12.6 Å². The van der Waals surface area contributed by atoms with Crippen molar-refractivity contribution in [1.29, 1.82) is 0 Å². The number of carbonyl (C=O) groups excluding carboxylic acids is 2. The topological polar surface area (TPSA) is 58.6 Å². The van der Waals surface area contributed by atoms with Crippen LogP contribution in [0.3, 0.4) is 0 Å². The number of nitrogens with one attached hydrogen (secondary N) is 1. The molecule has 22 heavy (non-hydrogen) atoms. The van der Waals surface area contributed by atoms with Crippen LogP contribution in [0.15, 0.2) is 0 Å². The smallest absolute Gasteiger partial charge is 0.317 e. The average molecular weight is 310 g/mol. The van der Waals surface area contributed by atoms with Gasteiger partial charge in [0.15, 0.2) is 0 Å². The lowest BCUT2D eigenvalue weighted by molar-refractivity contribution is -0.140. The quantitative estimate of drug-likeness (QED) is 0.793. The zero-order valence-corrected chi connectivity index (χ0v) is 13.8. The van der Waals surface area contributed by atoms with Gasteiger partial charge in [0.05, 0.1) is 13.5 Å². The zero-order chi connectivity index (χ0) is 15.8. The monoisotopic (exact) mass is 310 g/mol. The maximum atomic E-state index is 12.7. The van der Waals surface area contributed by atoms with Crippen LogP contribution in [-0.2, 0) is 9.53 Å². The first-order chi connectivity index (χ1) is 10.7. The second-order valence-electron chi connectivity index (χ2n) is 6.60. The number of rotatable bonds is 5. The summed E-state index contributed by atoms with van der Waals surface area (Å²) in [5.41, 5.74) is 0. The molecule has 5 nitrogen and oxygen atoms in total. The van der Waals surface area contributed by atoms with Crippen LogP contribution < -0.4 is 5.32 Å². The number of hydrogen-bond acceptors (Lipinski definition) is 3. The molecule has 0 atom stereocenters. The fourth-order valence-electron chi connectivity index (χ4n) is 3.66. The number of urea groups is 1. The van der Waals surface area contributed by atoms with Gasteiger partial charge < -0.3 is 15.0 Å². The van der Waals surface area contributed by atoms with E-state index in [4.69, 9.17) is 4.74 Å². The minimum absolute atomic E-state index is 0.0164. The number of ether oxygens (including phenoxy) is 1. The summed E-state index contributed by atoms with van der Waals surface area (Å²) >= 11 is 0. The molecule has 126 valence electrons. The third kappa shape index (κ3) is 5.18. The molecule has 5 heteroatoms. The molecule has 2 rings (SSSR count). The first kappa shape index (κ1) is 17.1. The molecule has 0 heterocycles. The highest BCUT2D eigenvalue weighted by Gasteiger charge is 2.27. The van der Waals surface area contributed by atoms with Gasteiger partial charge in [0, 0.05) is 18.6 Å². The molecule has 0 radical (unpaired) electrons. The van der Waals surface area contributed by atoms with Gasteiger partial charge in [0.2, 0.25) is 0 Å². The van der Waals surface area contributed by atoms with Crippen LogP contribution in [-0.4, -0.2) is 42.6 Å². The summed E-state index contributed by atoms with van der Waals surface area (Å²) in [5, 5.41) is 3.19. The Balaban J connectivity index is 1.91. The third-order valence-corrected chi connectivity index (χ3v) is 4.99. The summed E-state index contributed by atoms with van der Waals surface area (Å²) < 4.78 is 4.72. The van der Waals surface area contributed by atoms with Gasteiger partial charge in [-0.1, -0.05) is 38.5 Å². The van der Waals surface area contributed by atoms with E-state index in [0.717, 1.165) is 25.7 Å². The molecule has 2 fully saturated rings. The number of nitrogens with zero attached hydrogens (tertiary/aromatic N) is 1. The van der Waals surface area contributed by atoms with Crippen LogP contribution in [0.25, 0.3) is 0 Å². The summed E-state index contributed by atoms with van der Waals surface area (Å²) in [4.78, 5) is 26.0. The molecule has 0 unspecified atom stereocenters. The van der Waals surface area contributed by atoms with Gasteiger partial charge in [-0.2, -0.15) is 0 Å². The molecule has 2 aliphatic rings. The number of amides is 2. The van der Waals surface area contributed by atoms with E-state index in [1.165, 1.54) is 45.6 Å². The van der Waals surface area contributed by atoms with Crippen molar-refractivity contribution in [2.45, 2.75) is 82.7 Å². The minimum Gasteiger partial charge on any atom is -0.469 e. The van der Waals surface area contributed by atoms with Crippen LogP contribution in [0.5, 0.6) is 0 Å². The normalized spacial score (nSPS) is 20.4. The lowest BCUT2D eigenvalue weighted by atomic mass is 9.93. The highest BCUT2D eigenvalue weighted by molar-refractivity contribution is 5.76. The molecule has 0 aromatic carbocycles. The number of carbonyl (C=O) groups is 2. The Morgan fingerprint density at radius 1 is 1.00 bits per heavy atom. The third-order valence-electron chi connectivity index (χ3n) is 4.99. The second-order valence-corrected chi connectivity index (χ2v) is 6.60. The van der Waals surface area contributed by atoms with E-state index in [-0.39, 0.29) is 24.5 Å². The Kier molecular flexibility index (Phi) is 7.00. The molecule has 0 aromatic rings. The molecule has 1 N–H and O–H groups in total. The Labute approximate surface area is 133 Å². The van der Waals surface area contributed by atoms with Crippen molar-refractivity contribution in [2.75, 3.05) is 13.7 Å². The lowest BCUT2D eigenvalue weighted by Crippen LogP contribution is -2.50. The summed E-state index contributed by atoms with van der Waals surface area (Å²) in [5.74, 6) is -0.244. The summed E-state index contributed by atoms with van der Waals surface area (Å²) in [6.45, 7) is 0.468. The molecule has 2 amide bonds. The summed E-state index contributed by atoms with van der Waals surface area (Å²) in [6, 6.07) is 0.607. The van der Waals surface area contributed by atoms with Crippen LogP contribution in [0.2, 0.25) is 0 Å². The van der Waals surface area contributed by atoms with E-state index in [2.05, 4.69) is 5.32 Å². The number of esters is 1. The molecular formula is C17H30N2O3. The minimum atomic E-state index is -0.244. The standard InChI is InChI=1S/C17H30N2O3/c1-22-16(20)12-13-19(15-10-6-3-7-11-15)17(21)18-14-8-4-2-5-9-14/h14-15H,2-13H2,1H3,(H,18,21). The second kappa shape index (κ2) is 9.01. The van der Waals surface area contributed by atoms with Gasteiger partial charge in [-0.3, -0.25) is 4.79 Å². The molecule has 2 aliphatic carbocycles. The molecule has 0 aliphatic heterocycles. The lowest BCUT2D eigenvalue weighted by Gasteiger charge is -2.36. The Hall–Kier alpha value is -1.26. The Morgan fingerprint density at radius 2 is 1.59 bits per heavy atom. The van der Waals surface area contributed by atoms with Crippen molar-refractivity contribution in [2.24, 2.45) is 0 Å². The van der Waals surface area contributed by atoms with Crippen LogP contribution in [0.4, 0.5) is 4.79 Å². The maximum Gasteiger partial charge on any atom is 0.317 e. The van der Waals surface area contributed by atoms with Gasteiger partial charge in [-0.05, 0) is 25.7 Å². The molecule has 0 spiro atoms. The predicted molar refractivity (Wildman–Crippen MR) is 85.6 cm³/mol. The largest absolute Gasteiger partial charge is 0.469 e. The van der Waals surface area contributed by atoms with Gasteiger partial charge in [-0.15, -0.1) is 0 Å². The van der Waals surface area contributed by atoms with E-state index in [9.17, 15) is 9.59 Å². The fourth-order valence-corrected chi connectivity index (χ4v) is 3.66. The first-order valence-electron chi connectivity index (χ1n) is 8.84. The van der Waals surface area contributed by atoms with Crippen molar-refractivity contribution in [3.8, 4) is 0 Å². The summed E-state index contributed by atoms with van der Waals surface area (Å²) in [7, 11) is 1.40. The van der Waals surface area contributed by atoms with Crippen LogP contribution >= 0.6 is 0 Å². The van der Waals surface area contributed by atoms with Crippen molar-refractivity contribution in [1.82, 2.24) is 10.2 Å². The van der Waals surface area contributed by atoms with Gasteiger partial charge in [-0.25, -0.2) is 4.79 Å². The van der Waals surface area contributed by atoms with Gasteiger partial charge in [0.25, 0.3) is 0 Å². The highest BCUT2D eigenvalue weighted by Crippen LogP contribution is 2.24. The summed E-state index contributed by atoms with van der Waals surface area (Å²) in [6.07, 6.45) is 11.9. The van der Waals surface area contributed by atoms with E-state index in [1.54, 1.807) is 0 Å². The fraction of sp³-hybridized carbons (Fsp3) is 0.882. The predicted octanol–water partition coefficient (Wildman–Crippen LogP) is 3.23. The van der Waals surface area contributed by atoms with Gasteiger partial charge in [0.1, 0.15) is 0 Å². The van der Waals surface area contributed by atoms with Crippen molar-refractivity contribution in [3.05, 3.63) is 0 Å². The molecule has 2 saturated carbocycles. The SMILES string of the molecule is COC(=O)CCN(C(=O)NC1CCCCC1)C1CCCCC1. The highest BCUT2D eigenvalue weighted by atomic mass is 16.5. The van der Waals surface area contributed by atoms with E-state index < -0.39 is 0 Å². The zero-order valence-electron chi connectivity index (χ0n) is 13.8. The molecule has 0 bridgehead atoms. The van der Waals surface area contributed by atoms with E-state index in [1.807, 2.05) is 4.90 Å². The van der Waals surface area contributed by atoms with Crippen LogP contribution in [0.1, 0.15) is 70.6 Å². The van der Waals surface area contributed by atoms with Crippen molar-refractivity contribution >= 4 is 12.0 Å². The Bertz CT molecular complexity index is 361. The number of methoxy groups -OCH3 is 1. The molecule has 0 saturated heterocycles. The van der Waals surface area contributed by atoms with Crippen LogP contribution in [0, 0.1) is 0 Å². The van der Waals surface area contributed by atoms with E-state index >= 15 is 0 Å². The van der Waals surface area contributed by atoms with Crippen molar-refractivity contribution < 1.29 is 14.3 Å². The first-order valence-corrected chi connectivity index (χ1v) is 8.84. The molecule has 0 aromatic heterocycles. The number of hydrogen-bond donors (Lipinski definition) is 1. The maximum absolute atomic E-state index is 12.7. The van der Waals surface area contributed by atoms with Crippen molar-refractivity contribution in [3.63, 3.8) is 0 Å².